The van der Waals surface area contributed by atoms with Crippen LogP contribution in [0.5, 0.6) is 5.75 Å². The zero-order valence-corrected chi connectivity index (χ0v) is 17.1. The molecular formula is C17H13Cl4F3N2O2. The van der Waals surface area contributed by atoms with Gasteiger partial charge in [0, 0.05) is 5.56 Å². The molecule has 0 unspecified atom stereocenters. The van der Waals surface area contributed by atoms with Crippen molar-refractivity contribution in [2.24, 2.45) is 0 Å². The van der Waals surface area contributed by atoms with Gasteiger partial charge in [0.25, 0.3) is 5.91 Å². The minimum absolute atomic E-state index is 0.0500. The summed E-state index contributed by atoms with van der Waals surface area (Å²) in [6.45, 7) is 0. The summed E-state index contributed by atoms with van der Waals surface area (Å²) in [6.07, 6.45) is -5.98. The highest BCUT2D eigenvalue weighted by Gasteiger charge is 2.36. The normalized spacial score (nSPS) is 13.0. The molecule has 0 aliphatic carbocycles. The molecular weight excluding hydrogens is 463 g/mol. The van der Waals surface area contributed by atoms with Crippen LogP contribution in [-0.4, -0.2) is 23.0 Å². The van der Waals surface area contributed by atoms with Crippen LogP contribution in [0.3, 0.4) is 0 Å². The summed E-state index contributed by atoms with van der Waals surface area (Å²) in [4.78, 5) is 12.4. The van der Waals surface area contributed by atoms with E-state index in [9.17, 15) is 18.0 Å². The fourth-order valence-electron chi connectivity index (χ4n) is 2.12. The quantitative estimate of drug-likeness (QED) is 0.417. The predicted octanol–water partition coefficient (Wildman–Crippen LogP) is 5.91. The average molecular weight is 476 g/mol. The number of hydrogen-bond donors (Lipinski definition) is 2. The van der Waals surface area contributed by atoms with Crippen LogP contribution in [0.15, 0.2) is 42.5 Å². The van der Waals surface area contributed by atoms with Crippen molar-refractivity contribution < 1.29 is 22.7 Å². The predicted molar refractivity (Wildman–Crippen MR) is 105 cm³/mol. The average Bonchev–Trinajstić information content (AvgIpc) is 2.61. The molecule has 0 aromatic heterocycles. The number of carbonyl (C=O) groups is 1. The summed E-state index contributed by atoms with van der Waals surface area (Å²) in [5.74, 6) is -0.0991. The fourth-order valence-corrected chi connectivity index (χ4v) is 2.62. The second-order valence-electron chi connectivity index (χ2n) is 5.51. The first-order valence-corrected chi connectivity index (χ1v) is 9.08. The van der Waals surface area contributed by atoms with Crippen LogP contribution < -0.4 is 15.4 Å². The lowest BCUT2D eigenvalue weighted by Crippen LogP contribution is -2.49. The molecule has 11 heteroatoms. The van der Waals surface area contributed by atoms with Crippen LogP contribution in [0.2, 0.25) is 5.02 Å². The Labute approximate surface area is 178 Å². The first kappa shape index (κ1) is 22.7. The van der Waals surface area contributed by atoms with E-state index in [1.165, 1.54) is 19.2 Å². The molecule has 0 radical (unpaired) electrons. The van der Waals surface area contributed by atoms with Gasteiger partial charge in [0.1, 0.15) is 11.9 Å². The van der Waals surface area contributed by atoms with Gasteiger partial charge in [0.2, 0.25) is 3.79 Å². The first-order valence-electron chi connectivity index (χ1n) is 7.56. The van der Waals surface area contributed by atoms with Crippen molar-refractivity contribution >= 4 is 58.0 Å². The number of hydrogen-bond acceptors (Lipinski definition) is 3. The molecule has 2 aromatic rings. The van der Waals surface area contributed by atoms with Crippen molar-refractivity contribution in [3.63, 3.8) is 0 Å². The van der Waals surface area contributed by atoms with Gasteiger partial charge in [-0.3, -0.25) is 4.79 Å². The summed E-state index contributed by atoms with van der Waals surface area (Å²) >= 11 is 23.6. The molecule has 28 heavy (non-hydrogen) atoms. The van der Waals surface area contributed by atoms with Crippen molar-refractivity contribution in [3.8, 4) is 5.75 Å². The van der Waals surface area contributed by atoms with E-state index in [2.05, 4.69) is 10.6 Å². The zero-order chi connectivity index (χ0) is 21.1. The van der Waals surface area contributed by atoms with E-state index in [1.54, 1.807) is 12.1 Å². The van der Waals surface area contributed by atoms with Crippen LogP contribution in [-0.2, 0) is 6.18 Å². The summed E-state index contributed by atoms with van der Waals surface area (Å²) in [6, 6.07) is 8.67. The van der Waals surface area contributed by atoms with E-state index >= 15 is 0 Å². The Balaban J connectivity index is 2.26. The van der Waals surface area contributed by atoms with Gasteiger partial charge in [0.05, 0.1) is 23.4 Å². The number of methoxy groups -OCH3 is 1. The van der Waals surface area contributed by atoms with Gasteiger partial charge < -0.3 is 15.4 Å². The smallest absolute Gasteiger partial charge is 0.416 e. The molecule has 0 spiro atoms. The number of ether oxygens (including phenoxy) is 1. The molecule has 0 saturated heterocycles. The van der Waals surface area contributed by atoms with E-state index in [0.29, 0.717) is 5.75 Å². The molecule has 0 heterocycles. The molecule has 0 fully saturated rings. The van der Waals surface area contributed by atoms with E-state index in [-0.39, 0.29) is 16.3 Å². The highest BCUT2D eigenvalue weighted by molar-refractivity contribution is 6.68. The topological polar surface area (TPSA) is 50.4 Å². The Bertz CT molecular complexity index is 840. The third-order valence-electron chi connectivity index (χ3n) is 3.55. The Morgan fingerprint density at radius 1 is 1.07 bits per heavy atom. The van der Waals surface area contributed by atoms with E-state index < -0.39 is 27.6 Å². The SMILES string of the molecule is COc1ccc(C(=O)N[C@@H](Nc2cc(C(F)(F)F)ccc2Cl)C(Cl)(Cl)Cl)cc1. The van der Waals surface area contributed by atoms with E-state index in [1.807, 2.05) is 0 Å². The Kier molecular flexibility index (Phi) is 7.20. The monoisotopic (exact) mass is 474 g/mol. The number of amides is 1. The van der Waals surface area contributed by atoms with E-state index in [0.717, 1.165) is 18.2 Å². The maximum Gasteiger partial charge on any atom is 0.416 e. The second kappa shape index (κ2) is 8.86. The van der Waals surface area contributed by atoms with Gasteiger partial charge in [-0.05, 0) is 42.5 Å². The summed E-state index contributed by atoms with van der Waals surface area (Å²) < 4.78 is 41.7. The third-order valence-corrected chi connectivity index (χ3v) is 4.53. The lowest BCUT2D eigenvalue weighted by Gasteiger charge is -2.28. The van der Waals surface area contributed by atoms with Crippen LogP contribution in [0.25, 0.3) is 0 Å². The third kappa shape index (κ3) is 5.98. The molecule has 152 valence electrons. The Morgan fingerprint density at radius 3 is 2.18 bits per heavy atom. The summed E-state index contributed by atoms with van der Waals surface area (Å²) in [5, 5.41) is 4.91. The van der Waals surface area contributed by atoms with Crippen LogP contribution in [0.1, 0.15) is 15.9 Å². The summed E-state index contributed by atoms with van der Waals surface area (Å²) in [5.41, 5.74) is -0.899. The standard InChI is InChI=1S/C17H13Cl4F3N2O2/c1-28-11-5-2-9(3-6-11)14(27)26-15(16(19,20)21)25-13-8-10(17(22,23)24)4-7-12(13)18/h2-8,15,25H,1H3,(H,26,27)/t15-/m1/s1. The lowest BCUT2D eigenvalue weighted by molar-refractivity contribution is -0.137. The number of alkyl halides is 6. The lowest BCUT2D eigenvalue weighted by atomic mass is 10.2. The molecule has 4 nitrogen and oxygen atoms in total. The molecule has 0 aliphatic rings. The highest BCUT2D eigenvalue weighted by atomic mass is 35.6. The van der Waals surface area contributed by atoms with Gasteiger partial charge in [-0.15, -0.1) is 0 Å². The van der Waals surface area contributed by atoms with Crippen molar-refractivity contribution in [1.82, 2.24) is 5.32 Å². The van der Waals surface area contributed by atoms with Crippen LogP contribution >= 0.6 is 46.4 Å². The van der Waals surface area contributed by atoms with Crippen molar-refractivity contribution in [2.75, 3.05) is 12.4 Å². The van der Waals surface area contributed by atoms with Crippen molar-refractivity contribution in [3.05, 3.63) is 58.6 Å². The Hall–Kier alpha value is -1.54. The van der Waals surface area contributed by atoms with E-state index in [4.69, 9.17) is 51.1 Å². The van der Waals surface area contributed by atoms with Gasteiger partial charge in [-0.1, -0.05) is 46.4 Å². The highest BCUT2D eigenvalue weighted by Crippen LogP contribution is 2.36. The number of halogens is 7. The summed E-state index contributed by atoms with van der Waals surface area (Å²) in [7, 11) is 1.47. The molecule has 0 aliphatic heterocycles. The van der Waals surface area contributed by atoms with Crippen LogP contribution in [0, 0.1) is 0 Å². The molecule has 1 amide bonds. The van der Waals surface area contributed by atoms with Gasteiger partial charge in [-0.2, -0.15) is 13.2 Å². The number of anilines is 1. The fraction of sp³-hybridized carbons (Fsp3) is 0.235. The number of rotatable bonds is 5. The molecule has 0 bridgehead atoms. The van der Waals surface area contributed by atoms with Crippen molar-refractivity contribution in [2.45, 2.75) is 16.1 Å². The largest absolute Gasteiger partial charge is 0.497 e. The molecule has 2 rings (SSSR count). The number of carbonyl (C=O) groups excluding carboxylic acids is 1. The van der Waals surface area contributed by atoms with Gasteiger partial charge in [0.15, 0.2) is 0 Å². The Morgan fingerprint density at radius 2 is 1.68 bits per heavy atom. The number of nitrogens with one attached hydrogen (secondary N) is 2. The molecule has 2 N–H and O–H groups in total. The van der Waals surface area contributed by atoms with Gasteiger partial charge >= 0.3 is 6.18 Å². The molecule has 2 aromatic carbocycles. The van der Waals surface area contributed by atoms with Crippen molar-refractivity contribution in [1.29, 1.82) is 0 Å². The number of benzene rings is 2. The minimum atomic E-state index is -4.59. The van der Waals surface area contributed by atoms with Crippen LogP contribution in [0.4, 0.5) is 18.9 Å². The zero-order valence-electron chi connectivity index (χ0n) is 14.1. The minimum Gasteiger partial charge on any atom is -0.497 e. The van der Waals surface area contributed by atoms with Gasteiger partial charge in [-0.25, -0.2) is 0 Å². The molecule has 1 atom stereocenters. The maximum absolute atomic E-state index is 12.9. The molecule has 0 saturated carbocycles. The second-order valence-corrected chi connectivity index (χ2v) is 8.29. The first-order chi connectivity index (χ1) is 12.9. The maximum atomic E-state index is 12.9.